The minimum absolute atomic E-state index is 0.0865. The molecule has 0 spiro atoms. The molecule has 0 N–H and O–H groups in total. The number of ketones is 2. The van der Waals surface area contributed by atoms with Gasteiger partial charge in [0.05, 0.1) is 0 Å². The molecule has 22 heavy (non-hydrogen) atoms. The monoisotopic (exact) mass is 299 g/mol. The van der Waals surface area contributed by atoms with E-state index in [4.69, 9.17) is 0 Å². The number of pyridine rings is 1. The number of rotatable bonds is 4. The molecular formula is C19H25NO2. The molecule has 0 bridgehead atoms. The molecule has 1 aromatic rings. The van der Waals surface area contributed by atoms with Gasteiger partial charge in [-0.1, -0.05) is 44.6 Å². The maximum Gasteiger partial charge on any atom is 0.181 e. The Kier molecular flexibility index (Phi) is 5.01. The van der Waals surface area contributed by atoms with Crippen LogP contribution in [0.2, 0.25) is 0 Å². The third-order valence-corrected chi connectivity index (χ3v) is 5.30. The minimum atomic E-state index is -0.104. The van der Waals surface area contributed by atoms with Crippen LogP contribution < -0.4 is 0 Å². The fraction of sp³-hybridized carbons (Fsp3) is 0.632. The molecule has 1 aromatic heterocycles. The average Bonchev–Trinajstić information content (AvgIpc) is 2.82. The van der Waals surface area contributed by atoms with Crippen LogP contribution in [0.1, 0.15) is 86.2 Å². The molecule has 1 unspecified atom stereocenters. The van der Waals surface area contributed by atoms with Gasteiger partial charge in [0.2, 0.25) is 0 Å². The predicted molar refractivity (Wildman–Crippen MR) is 86.0 cm³/mol. The molecule has 0 saturated heterocycles. The first-order valence-electron chi connectivity index (χ1n) is 8.76. The Morgan fingerprint density at radius 1 is 1.14 bits per heavy atom. The quantitative estimate of drug-likeness (QED) is 0.771. The minimum Gasteiger partial charge on any atom is -0.299 e. The van der Waals surface area contributed by atoms with Crippen molar-refractivity contribution in [2.45, 2.75) is 70.1 Å². The van der Waals surface area contributed by atoms with E-state index in [1.54, 1.807) is 6.20 Å². The molecule has 1 heterocycles. The molecule has 0 aliphatic heterocycles. The van der Waals surface area contributed by atoms with E-state index in [1.165, 1.54) is 38.5 Å². The van der Waals surface area contributed by atoms with Gasteiger partial charge in [-0.15, -0.1) is 0 Å². The van der Waals surface area contributed by atoms with Crippen LogP contribution in [0.4, 0.5) is 0 Å². The van der Waals surface area contributed by atoms with E-state index in [0.717, 1.165) is 17.9 Å². The fourth-order valence-corrected chi connectivity index (χ4v) is 3.99. The lowest BCUT2D eigenvalue weighted by Gasteiger charge is -2.23. The highest BCUT2D eigenvalue weighted by atomic mass is 16.1. The van der Waals surface area contributed by atoms with E-state index >= 15 is 0 Å². The summed E-state index contributed by atoms with van der Waals surface area (Å²) in [5.74, 6) is 1.02. The molecule has 118 valence electrons. The first-order valence-corrected chi connectivity index (χ1v) is 8.76. The Balaban J connectivity index is 1.63. The zero-order valence-electron chi connectivity index (χ0n) is 13.2. The Morgan fingerprint density at radius 3 is 2.68 bits per heavy atom. The third-order valence-electron chi connectivity index (χ3n) is 5.30. The Bertz CT molecular complexity index is 544. The van der Waals surface area contributed by atoms with Crippen LogP contribution in [0.15, 0.2) is 18.3 Å². The summed E-state index contributed by atoms with van der Waals surface area (Å²) < 4.78 is 0. The number of carbonyl (C=O) groups excluding carboxylic acids is 2. The van der Waals surface area contributed by atoms with Crippen molar-refractivity contribution < 1.29 is 9.59 Å². The summed E-state index contributed by atoms with van der Waals surface area (Å²) in [5, 5.41) is 0. The van der Waals surface area contributed by atoms with Crippen LogP contribution in [-0.2, 0) is 4.79 Å². The highest BCUT2D eigenvalue weighted by Crippen LogP contribution is 2.33. The van der Waals surface area contributed by atoms with Crippen LogP contribution in [0.25, 0.3) is 0 Å². The van der Waals surface area contributed by atoms with E-state index < -0.39 is 0 Å². The summed E-state index contributed by atoms with van der Waals surface area (Å²) in [6.07, 6.45) is 12.4. The maximum atomic E-state index is 12.7. The lowest BCUT2D eigenvalue weighted by atomic mass is 9.80. The van der Waals surface area contributed by atoms with Crippen LogP contribution in [-0.4, -0.2) is 16.6 Å². The number of Topliss-reactive ketones (excluding diaryl/α,β-unsaturated/α-hetero) is 2. The molecule has 1 saturated carbocycles. The first kappa shape index (κ1) is 15.4. The summed E-state index contributed by atoms with van der Waals surface area (Å²) in [7, 11) is 0. The molecule has 1 atom stereocenters. The summed E-state index contributed by atoms with van der Waals surface area (Å²) in [6.45, 7) is 0. The number of carbonyl (C=O) groups is 2. The molecule has 2 aliphatic carbocycles. The summed E-state index contributed by atoms with van der Waals surface area (Å²) in [5.41, 5.74) is 1.39. The second-order valence-electron chi connectivity index (χ2n) is 6.82. The van der Waals surface area contributed by atoms with Crippen molar-refractivity contribution in [2.24, 2.45) is 5.92 Å². The van der Waals surface area contributed by atoms with Crippen molar-refractivity contribution in [1.82, 2.24) is 4.98 Å². The highest BCUT2D eigenvalue weighted by molar-refractivity contribution is 6.00. The predicted octanol–water partition coefficient (Wildman–Crippen LogP) is 4.46. The smallest absolute Gasteiger partial charge is 0.181 e. The lowest BCUT2D eigenvalue weighted by Crippen LogP contribution is -2.23. The normalized spacial score (nSPS) is 22.9. The molecule has 0 amide bonds. The zero-order valence-corrected chi connectivity index (χ0v) is 13.2. The standard InChI is InChI=1S/C19H25NO2/c21-17(11-9-14-6-3-1-2-4-7-14)15-10-12-18(22)19-16(15)8-5-13-20-19/h5,8,13-15H,1-4,6-7,9-12H2. The van der Waals surface area contributed by atoms with Gasteiger partial charge in [-0.2, -0.15) is 0 Å². The van der Waals surface area contributed by atoms with Gasteiger partial charge in [0, 0.05) is 25.0 Å². The number of nitrogens with zero attached hydrogens (tertiary/aromatic N) is 1. The number of fused-ring (bicyclic) bond motifs is 1. The molecule has 3 nitrogen and oxygen atoms in total. The van der Waals surface area contributed by atoms with Gasteiger partial charge in [-0.25, -0.2) is 0 Å². The van der Waals surface area contributed by atoms with Crippen molar-refractivity contribution in [2.75, 3.05) is 0 Å². The van der Waals surface area contributed by atoms with Crippen molar-refractivity contribution in [1.29, 1.82) is 0 Å². The maximum absolute atomic E-state index is 12.7. The van der Waals surface area contributed by atoms with E-state index in [0.29, 0.717) is 30.7 Å². The van der Waals surface area contributed by atoms with E-state index in [1.807, 2.05) is 12.1 Å². The largest absolute Gasteiger partial charge is 0.299 e. The van der Waals surface area contributed by atoms with E-state index in [9.17, 15) is 9.59 Å². The summed E-state index contributed by atoms with van der Waals surface area (Å²) in [6, 6.07) is 3.75. The fourth-order valence-electron chi connectivity index (χ4n) is 3.99. The number of hydrogen-bond donors (Lipinski definition) is 0. The van der Waals surface area contributed by atoms with Gasteiger partial charge in [-0.05, 0) is 30.4 Å². The Labute approximate surface area is 132 Å². The van der Waals surface area contributed by atoms with Gasteiger partial charge in [0.1, 0.15) is 11.5 Å². The van der Waals surface area contributed by atoms with Gasteiger partial charge >= 0.3 is 0 Å². The zero-order chi connectivity index (χ0) is 15.4. The molecule has 0 aromatic carbocycles. The second-order valence-corrected chi connectivity index (χ2v) is 6.82. The van der Waals surface area contributed by atoms with Crippen molar-refractivity contribution in [3.05, 3.63) is 29.6 Å². The van der Waals surface area contributed by atoms with Crippen molar-refractivity contribution in [3.8, 4) is 0 Å². The van der Waals surface area contributed by atoms with Crippen LogP contribution in [0.5, 0.6) is 0 Å². The Hall–Kier alpha value is -1.51. The first-order chi connectivity index (χ1) is 10.8. The summed E-state index contributed by atoms with van der Waals surface area (Å²) in [4.78, 5) is 28.8. The molecule has 0 radical (unpaired) electrons. The molecular weight excluding hydrogens is 274 g/mol. The number of aromatic nitrogens is 1. The molecule has 3 heteroatoms. The molecule has 1 fully saturated rings. The van der Waals surface area contributed by atoms with Crippen LogP contribution in [0.3, 0.4) is 0 Å². The second kappa shape index (κ2) is 7.17. The molecule has 3 rings (SSSR count). The highest BCUT2D eigenvalue weighted by Gasteiger charge is 2.31. The summed E-state index contributed by atoms with van der Waals surface area (Å²) >= 11 is 0. The number of hydrogen-bond acceptors (Lipinski definition) is 3. The van der Waals surface area contributed by atoms with Gasteiger partial charge < -0.3 is 0 Å². The van der Waals surface area contributed by atoms with Crippen molar-refractivity contribution in [3.63, 3.8) is 0 Å². The lowest BCUT2D eigenvalue weighted by molar-refractivity contribution is -0.121. The topological polar surface area (TPSA) is 47.0 Å². The van der Waals surface area contributed by atoms with Gasteiger partial charge in [-0.3, -0.25) is 14.6 Å². The van der Waals surface area contributed by atoms with E-state index in [-0.39, 0.29) is 11.7 Å². The van der Waals surface area contributed by atoms with Crippen LogP contribution >= 0.6 is 0 Å². The van der Waals surface area contributed by atoms with Crippen LogP contribution in [0, 0.1) is 5.92 Å². The third kappa shape index (κ3) is 3.45. The SMILES string of the molecule is O=C1CCC(C(=O)CCC2CCCCCC2)c2cccnc21. The molecule has 2 aliphatic rings. The van der Waals surface area contributed by atoms with E-state index in [2.05, 4.69) is 4.98 Å². The van der Waals surface area contributed by atoms with Gasteiger partial charge in [0.15, 0.2) is 5.78 Å². The van der Waals surface area contributed by atoms with Crippen molar-refractivity contribution >= 4 is 11.6 Å². The van der Waals surface area contributed by atoms with Gasteiger partial charge in [0.25, 0.3) is 0 Å². The average molecular weight is 299 g/mol. The Morgan fingerprint density at radius 2 is 1.91 bits per heavy atom.